The van der Waals surface area contributed by atoms with E-state index in [1.165, 1.54) is 12.1 Å². The zero-order chi connectivity index (χ0) is 17.0. The van der Waals surface area contributed by atoms with Crippen LogP contribution in [0.5, 0.6) is 0 Å². The van der Waals surface area contributed by atoms with Gasteiger partial charge in [0, 0.05) is 13.1 Å². The standard InChI is InChI=1S/C15H17FN2O5/c1-22-13(19)9-5-6-10(12(16)11(9)14(20)23-2)17-15(21)18-7-3-4-8-18/h5-6H,3-4,7-8H2,1-2H3,(H,17,21). The first-order valence-corrected chi connectivity index (χ1v) is 7.04. The number of esters is 2. The summed E-state index contributed by atoms with van der Waals surface area (Å²) in [6.07, 6.45) is 1.79. The molecule has 0 aliphatic carbocycles. The van der Waals surface area contributed by atoms with Gasteiger partial charge in [-0.2, -0.15) is 0 Å². The van der Waals surface area contributed by atoms with Crippen LogP contribution in [0.3, 0.4) is 0 Å². The highest BCUT2D eigenvalue weighted by Gasteiger charge is 2.27. The molecule has 1 heterocycles. The quantitative estimate of drug-likeness (QED) is 0.860. The van der Waals surface area contributed by atoms with Gasteiger partial charge in [-0.05, 0) is 25.0 Å². The van der Waals surface area contributed by atoms with Crippen molar-refractivity contribution in [3.63, 3.8) is 0 Å². The minimum absolute atomic E-state index is 0.199. The van der Waals surface area contributed by atoms with Crippen LogP contribution < -0.4 is 5.32 Å². The number of hydrogen-bond donors (Lipinski definition) is 1. The molecule has 2 amide bonds. The Balaban J connectivity index is 2.36. The Morgan fingerprint density at radius 2 is 1.70 bits per heavy atom. The lowest BCUT2D eigenvalue weighted by molar-refractivity contribution is 0.0551. The van der Waals surface area contributed by atoms with Gasteiger partial charge >= 0.3 is 18.0 Å². The highest BCUT2D eigenvalue weighted by atomic mass is 19.1. The number of likely N-dealkylation sites (tertiary alicyclic amines) is 1. The molecular formula is C15H17FN2O5. The number of carbonyl (C=O) groups is 3. The molecule has 1 aliphatic heterocycles. The van der Waals surface area contributed by atoms with E-state index >= 15 is 0 Å². The molecule has 1 N–H and O–H groups in total. The summed E-state index contributed by atoms with van der Waals surface area (Å²) in [5.74, 6) is -2.94. The summed E-state index contributed by atoms with van der Waals surface area (Å²) >= 11 is 0. The molecule has 1 fully saturated rings. The molecule has 1 saturated heterocycles. The molecule has 0 atom stereocenters. The average molecular weight is 324 g/mol. The molecule has 8 heteroatoms. The zero-order valence-corrected chi connectivity index (χ0v) is 12.8. The Morgan fingerprint density at radius 3 is 2.26 bits per heavy atom. The second-order valence-corrected chi connectivity index (χ2v) is 4.96. The first kappa shape index (κ1) is 16.7. The van der Waals surface area contributed by atoms with Gasteiger partial charge in [-0.3, -0.25) is 0 Å². The molecule has 0 aromatic heterocycles. The highest BCUT2D eigenvalue weighted by Crippen LogP contribution is 2.24. The summed E-state index contributed by atoms with van der Waals surface area (Å²) in [4.78, 5) is 37.0. The fourth-order valence-corrected chi connectivity index (χ4v) is 2.37. The molecule has 0 saturated carbocycles. The molecule has 2 rings (SSSR count). The molecule has 1 aromatic carbocycles. The number of amides is 2. The van der Waals surface area contributed by atoms with E-state index in [9.17, 15) is 18.8 Å². The number of hydrogen-bond acceptors (Lipinski definition) is 5. The minimum Gasteiger partial charge on any atom is -0.465 e. The smallest absolute Gasteiger partial charge is 0.341 e. The molecule has 1 aromatic rings. The van der Waals surface area contributed by atoms with E-state index in [2.05, 4.69) is 14.8 Å². The molecular weight excluding hydrogens is 307 g/mol. The fourth-order valence-electron chi connectivity index (χ4n) is 2.37. The second-order valence-electron chi connectivity index (χ2n) is 4.96. The number of nitrogens with one attached hydrogen (secondary N) is 1. The summed E-state index contributed by atoms with van der Waals surface area (Å²) in [7, 11) is 2.18. The van der Waals surface area contributed by atoms with Crippen LogP contribution in [0.2, 0.25) is 0 Å². The zero-order valence-electron chi connectivity index (χ0n) is 12.8. The lowest BCUT2D eigenvalue weighted by Crippen LogP contribution is -2.32. The number of rotatable bonds is 3. The Bertz CT molecular complexity index is 641. The third-order valence-electron chi connectivity index (χ3n) is 3.57. The van der Waals surface area contributed by atoms with Crippen LogP contribution in [0.15, 0.2) is 12.1 Å². The molecule has 0 bridgehead atoms. The molecule has 23 heavy (non-hydrogen) atoms. The predicted octanol–water partition coefficient (Wildman–Crippen LogP) is 2.03. The predicted molar refractivity (Wildman–Crippen MR) is 78.9 cm³/mol. The summed E-state index contributed by atoms with van der Waals surface area (Å²) < 4.78 is 23.6. The van der Waals surface area contributed by atoms with E-state index < -0.39 is 29.4 Å². The van der Waals surface area contributed by atoms with Crippen LogP contribution in [0, 0.1) is 5.82 Å². The van der Waals surface area contributed by atoms with E-state index in [1.807, 2.05) is 0 Å². The summed E-state index contributed by atoms with van der Waals surface area (Å²) in [5, 5.41) is 2.41. The number of benzene rings is 1. The second kappa shape index (κ2) is 7.08. The first-order valence-electron chi connectivity index (χ1n) is 7.04. The number of nitrogens with zero attached hydrogens (tertiary/aromatic N) is 1. The van der Waals surface area contributed by atoms with Crippen molar-refractivity contribution in [2.45, 2.75) is 12.8 Å². The maximum absolute atomic E-state index is 14.6. The topological polar surface area (TPSA) is 84.9 Å². The molecule has 0 unspecified atom stereocenters. The number of halogens is 1. The SMILES string of the molecule is COC(=O)c1ccc(NC(=O)N2CCCC2)c(F)c1C(=O)OC. The Labute approximate surface area is 132 Å². The average Bonchev–Trinajstić information content (AvgIpc) is 3.09. The number of methoxy groups -OCH3 is 2. The normalized spacial score (nSPS) is 13.6. The maximum Gasteiger partial charge on any atom is 0.341 e. The van der Waals surface area contributed by atoms with Crippen LogP contribution in [-0.2, 0) is 9.47 Å². The van der Waals surface area contributed by atoms with Crippen molar-refractivity contribution < 1.29 is 28.2 Å². The van der Waals surface area contributed by atoms with Gasteiger partial charge in [0.1, 0.15) is 5.56 Å². The van der Waals surface area contributed by atoms with Crippen LogP contribution in [0.1, 0.15) is 33.6 Å². The van der Waals surface area contributed by atoms with Crippen molar-refractivity contribution in [3.05, 3.63) is 29.1 Å². The van der Waals surface area contributed by atoms with Crippen LogP contribution in [0.4, 0.5) is 14.9 Å². The monoisotopic (exact) mass is 324 g/mol. The van der Waals surface area contributed by atoms with Crippen molar-refractivity contribution in [2.24, 2.45) is 0 Å². The van der Waals surface area contributed by atoms with E-state index in [1.54, 1.807) is 4.90 Å². The Hall–Kier alpha value is -2.64. The number of carbonyl (C=O) groups excluding carboxylic acids is 3. The van der Waals surface area contributed by atoms with E-state index in [0.717, 1.165) is 27.1 Å². The van der Waals surface area contributed by atoms with Gasteiger partial charge in [-0.1, -0.05) is 0 Å². The minimum atomic E-state index is -1.03. The van der Waals surface area contributed by atoms with Gasteiger partial charge < -0.3 is 19.7 Å². The lowest BCUT2D eigenvalue weighted by atomic mass is 10.1. The Kier molecular flexibility index (Phi) is 5.15. The van der Waals surface area contributed by atoms with Gasteiger partial charge in [-0.15, -0.1) is 0 Å². The highest BCUT2D eigenvalue weighted by molar-refractivity contribution is 6.05. The van der Waals surface area contributed by atoms with Crippen LogP contribution in [0.25, 0.3) is 0 Å². The van der Waals surface area contributed by atoms with Gasteiger partial charge in [0.2, 0.25) is 0 Å². The maximum atomic E-state index is 14.6. The third kappa shape index (κ3) is 3.41. The lowest BCUT2D eigenvalue weighted by Gasteiger charge is -2.17. The van der Waals surface area contributed by atoms with Gasteiger partial charge in [0.05, 0.1) is 25.5 Å². The number of anilines is 1. The Morgan fingerprint density at radius 1 is 1.09 bits per heavy atom. The van der Waals surface area contributed by atoms with Gasteiger partial charge in [0.15, 0.2) is 5.82 Å². The largest absolute Gasteiger partial charge is 0.465 e. The van der Waals surface area contributed by atoms with Crippen molar-refractivity contribution >= 4 is 23.7 Å². The number of urea groups is 1. The first-order chi connectivity index (χ1) is 11.0. The molecule has 124 valence electrons. The van der Waals surface area contributed by atoms with Gasteiger partial charge in [0.25, 0.3) is 0 Å². The van der Waals surface area contributed by atoms with Crippen molar-refractivity contribution in [1.82, 2.24) is 4.90 Å². The van der Waals surface area contributed by atoms with Crippen molar-refractivity contribution in [2.75, 3.05) is 32.6 Å². The molecule has 0 radical (unpaired) electrons. The summed E-state index contributed by atoms with van der Waals surface area (Å²) in [5.41, 5.74) is -1.04. The van der Waals surface area contributed by atoms with Gasteiger partial charge in [-0.25, -0.2) is 18.8 Å². The third-order valence-corrected chi connectivity index (χ3v) is 3.57. The summed E-state index contributed by atoms with van der Waals surface area (Å²) in [6.45, 7) is 1.19. The molecule has 1 aliphatic rings. The van der Waals surface area contributed by atoms with Crippen LogP contribution in [-0.4, -0.2) is 50.2 Å². The fraction of sp³-hybridized carbons (Fsp3) is 0.400. The van der Waals surface area contributed by atoms with E-state index in [4.69, 9.17) is 0 Å². The van der Waals surface area contributed by atoms with Crippen molar-refractivity contribution in [3.8, 4) is 0 Å². The van der Waals surface area contributed by atoms with E-state index in [0.29, 0.717) is 13.1 Å². The summed E-state index contributed by atoms with van der Waals surface area (Å²) in [6, 6.07) is 1.96. The molecule has 7 nitrogen and oxygen atoms in total. The van der Waals surface area contributed by atoms with E-state index in [-0.39, 0.29) is 11.3 Å². The number of ether oxygens (including phenoxy) is 2. The van der Waals surface area contributed by atoms with Crippen molar-refractivity contribution in [1.29, 1.82) is 0 Å². The van der Waals surface area contributed by atoms with Crippen LogP contribution >= 0.6 is 0 Å². The molecule has 0 spiro atoms.